The minimum atomic E-state index is 0.883. The van der Waals surface area contributed by atoms with Gasteiger partial charge in [0.05, 0.1) is 33.2 Å². The zero-order chi connectivity index (χ0) is 13.9. The van der Waals surface area contributed by atoms with Gasteiger partial charge in [0.2, 0.25) is 0 Å². The van der Waals surface area contributed by atoms with Gasteiger partial charge in [-0.15, -0.1) is 0 Å². The molecule has 3 heteroatoms. The molecule has 2 rings (SSSR count). The second-order valence-corrected chi connectivity index (χ2v) is 5.95. The topological polar surface area (TPSA) is 29.3 Å². The van der Waals surface area contributed by atoms with Crippen LogP contribution in [0.5, 0.6) is 0 Å². The molecule has 0 spiro atoms. The lowest BCUT2D eigenvalue weighted by molar-refractivity contribution is -0.904. The van der Waals surface area contributed by atoms with Crippen LogP contribution in [0.1, 0.15) is 25.8 Å². The van der Waals surface area contributed by atoms with E-state index in [1.807, 2.05) is 6.07 Å². The van der Waals surface area contributed by atoms with Crippen LogP contribution in [0.25, 0.3) is 0 Å². The number of fused-ring (bicyclic) bond motifs is 1. The summed E-state index contributed by atoms with van der Waals surface area (Å²) in [5.41, 5.74) is 9.66. The summed E-state index contributed by atoms with van der Waals surface area (Å²) >= 11 is 0. The van der Waals surface area contributed by atoms with Gasteiger partial charge in [0.25, 0.3) is 0 Å². The van der Waals surface area contributed by atoms with Gasteiger partial charge in [0.15, 0.2) is 0 Å². The van der Waals surface area contributed by atoms with E-state index in [0.29, 0.717) is 0 Å². The summed E-state index contributed by atoms with van der Waals surface area (Å²) in [4.78, 5) is 2.52. The normalized spacial score (nSPS) is 15.4. The summed E-state index contributed by atoms with van der Waals surface area (Å²) in [7, 11) is 2.35. The Kier molecular flexibility index (Phi) is 4.35. The highest BCUT2D eigenvalue weighted by Gasteiger charge is 2.21. The fourth-order valence-electron chi connectivity index (χ4n) is 2.80. The summed E-state index contributed by atoms with van der Waals surface area (Å²) in [6, 6.07) is 6.38. The first kappa shape index (κ1) is 14.2. The molecule has 0 aromatic heterocycles. The highest BCUT2D eigenvalue weighted by Crippen LogP contribution is 2.29. The van der Waals surface area contributed by atoms with Gasteiger partial charge in [-0.1, -0.05) is 6.07 Å². The van der Waals surface area contributed by atoms with Crippen LogP contribution in [0.15, 0.2) is 18.2 Å². The summed E-state index contributed by atoms with van der Waals surface area (Å²) in [5.74, 6) is 0. The minimum Gasteiger partial charge on any atom is -0.399 e. The van der Waals surface area contributed by atoms with Crippen LogP contribution in [-0.4, -0.2) is 44.3 Å². The van der Waals surface area contributed by atoms with Gasteiger partial charge < -0.3 is 15.1 Å². The zero-order valence-corrected chi connectivity index (χ0v) is 12.7. The molecule has 0 atom stereocenters. The first-order chi connectivity index (χ1) is 9.08. The highest BCUT2D eigenvalue weighted by molar-refractivity contribution is 5.62. The summed E-state index contributed by atoms with van der Waals surface area (Å²) < 4.78 is 1.15. The molecule has 2 N–H and O–H groups in total. The molecule has 0 unspecified atom stereocenters. The van der Waals surface area contributed by atoms with Crippen LogP contribution < -0.4 is 10.6 Å². The van der Waals surface area contributed by atoms with Crippen molar-refractivity contribution in [1.82, 2.24) is 0 Å². The van der Waals surface area contributed by atoms with E-state index >= 15 is 0 Å². The molecule has 0 aliphatic carbocycles. The van der Waals surface area contributed by atoms with Crippen molar-refractivity contribution in [2.75, 3.05) is 50.4 Å². The summed E-state index contributed by atoms with van der Waals surface area (Å²) in [5, 5.41) is 0. The monoisotopic (exact) mass is 262 g/mol. The van der Waals surface area contributed by atoms with Crippen molar-refractivity contribution in [2.24, 2.45) is 0 Å². The molecule has 1 aliphatic rings. The highest BCUT2D eigenvalue weighted by atomic mass is 15.3. The van der Waals surface area contributed by atoms with Crippen molar-refractivity contribution in [3.05, 3.63) is 23.8 Å². The first-order valence-electron chi connectivity index (χ1n) is 7.55. The van der Waals surface area contributed by atoms with Crippen molar-refractivity contribution in [3.63, 3.8) is 0 Å². The lowest BCUT2D eigenvalue weighted by Crippen LogP contribution is -2.49. The fourth-order valence-corrected chi connectivity index (χ4v) is 2.80. The van der Waals surface area contributed by atoms with E-state index in [1.165, 1.54) is 50.3 Å². The lowest BCUT2D eigenvalue weighted by Gasteiger charge is -2.37. The molecular formula is C16H28N3+. The standard InChI is InChI=1S/C16H28N3/c1-4-19(3,5-2)12-11-18-10-6-7-14-8-9-15(17)13-16(14)18/h8-9,13H,4-7,10-12,17H2,1-3H3/q+1. The van der Waals surface area contributed by atoms with Gasteiger partial charge in [-0.05, 0) is 44.4 Å². The van der Waals surface area contributed by atoms with E-state index in [-0.39, 0.29) is 0 Å². The Hall–Kier alpha value is -1.22. The van der Waals surface area contributed by atoms with Crippen LogP contribution in [0.2, 0.25) is 0 Å². The largest absolute Gasteiger partial charge is 0.399 e. The SMILES string of the molecule is CC[N+](C)(CC)CCN1CCCc2ccc(N)cc21. The fraction of sp³-hybridized carbons (Fsp3) is 0.625. The van der Waals surface area contributed by atoms with Gasteiger partial charge in [-0.3, -0.25) is 0 Å². The van der Waals surface area contributed by atoms with Crippen LogP contribution in [0, 0.1) is 0 Å². The van der Waals surface area contributed by atoms with Crippen LogP contribution in [0.3, 0.4) is 0 Å². The maximum atomic E-state index is 5.95. The number of likely N-dealkylation sites (N-methyl/N-ethyl adjacent to an activating group) is 1. The molecule has 106 valence electrons. The first-order valence-corrected chi connectivity index (χ1v) is 7.55. The lowest BCUT2D eigenvalue weighted by atomic mass is 10.0. The summed E-state index contributed by atoms with van der Waals surface area (Å²) in [6.07, 6.45) is 2.46. The second-order valence-electron chi connectivity index (χ2n) is 5.95. The molecule has 0 bridgehead atoms. The van der Waals surface area contributed by atoms with Crippen molar-refractivity contribution in [1.29, 1.82) is 0 Å². The number of hydrogen-bond donors (Lipinski definition) is 1. The summed E-state index contributed by atoms with van der Waals surface area (Å²) in [6.45, 7) is 10.5. The van der Waals surface area contributed by atoms with Crippen LogP contribution in [0.4, 0.5) is 11.4 Å². The van der Waals surface area contributed by atoms with Gasteiger partial charge >= 0.3 is 0 Å². The third-order valence-electron chi connectivity index (χ3n) is 4.76. The number of anilines is 2. The predicted octanol–water partition coefficient (Wildman–Crippen LogP) is 2.51. The number of quaternary nitrogens is 1. The molecule has 0 fully saturated rings. The number of benzene rings is 1. The van der Waals surface area contributed by atoms with Crippen molar-refractivity contribution in [3.8, 4) is 0 Å². The van der Waals surface area contributed by atoms with E-state index < -0.39 is 0 Å². The van der Waals surface area contributed by atoms with E-state index in [2.05, 4.69) is 37.9 Å². The average molecular weight is 262 g/mol. The zero-order valence-electron chi connectivity index (χ0n) is 12.7. The number of nitrogens with two attached hydrogens (primary N) is 1. The molecule has 0 saturated heterocycles. The van der Waals surface area contributed by atoms with E-state index in [9.17, 15) is 0 Å². The Morgan fingerprint density at radius 3 is 2.68 bits per heavy atom. The smallest absolute Gasteiger partial charge is 0.0962 e. The quantitative estimate of drug-likeness (QED) is 0.652. The Bertz CT molecular complexity index is 424. The van der Waals surface area contributed by atoms with Gasteiger partial charge in [-0.2, -0.15) is 0 Å². The van der Waals surface area contributed by atoms with Crippen molar-refractivity contribution in [2.45, 2.75) is 26.7 Å². The van der Waals surface area contributed by atoms with Crippen LogP contribution in [-0.2, 0) is 6.42 Å². The number of nitrogen functional groups attached to an aromatic ring is 1. The minimum absolute atomic E-state index is 0.883. The molecule has 3 nitrogen and oxygen atoms in total. The number of aryl methyl sites for hydroxylation is 1. The third kappa shape index (κ3) is 3.21. The average Bonchev–Trinajstić information content (AvgIpc) is 2.44. The predicted molar refractivity (Wildman–Crippen MR) is 83.5 cm³/mol. The van der Waals surface area contributed by atoms with Gasteiger partial charge in [-0.25, -0.2) is 0 Å². The van der Waals surface area contributed by atoms with E-state index in [4.69, 9.17) is 5.73 Å². The Labute approximate surface area is 117 Å². The molecule has 1 aromatic rings. The van der Waals surface area contributed by atoms with Crippen molar-refractivity contribution < 1.29 is 4.48 Å². The van der Waals surface area contributed by atoms with E-state index in [0.717, 1.165) is 16.7 Å². The Balaban J connectivity index is 2.09. The maximum absolute atomic E-state index is 5.95. The maximum Gasteiger partial charge on any atom is 0.0962 e. The molecular weight excluding hydrogens is 234 g/mol. The molecule has 0 amide bonds. The number of nitrogens with zero attached hydrogens (tertiary/aromatic N) is 2. The molecule has 0 radical (unpaired) electrons. The van der Waals surface area contributed by atoms with Crippen molar-refractivity contribution >= 4 is 11.4 Å². The second kappa shape index (κ2) is 5.83. The Morgan fingerprint density at radius 1 is 1.26 bits per heavy atom. The molecule has 1 aliphatic heterocycles. The number of rotatable bonds is 5. The molecule has 1 heterocycles. The van der Waals surface area contributed by atoms with Gasteiger partial charge in [0.1, 0.15) is 0 Å². The molecule has 1 aromatic carbocycles. The number of hydrogen-bond acceptors (Lipinski definition) is 2. The third-order valence-corrected chi connectivity index (χ3v) is 4.76. The molecule has 19 heavy (non-hydrogen) atoms. The molecule has 0 saturated carbocycles. The van der Waals surface area contributed by atoms with Gasteiger partial charge in [0, 0.05) is 17.9 Å². The van der Waals surface area contributed by atoms with Crippen LogP contribution >= 0.6 is 0 Å². The van der Waals surface area contributed by atoms with E-state index in [1.54, 1.807) is 0 Å². The Morgan fingerprint density at radius 2 is 2.00 bits per heavy atom.